The van der Waals surface area contributed by atoms with E-state index < -0.39 is 23.6 Å². The van der Waals surface area contributed by atoms with Crippen LogP contribution in [0.25, 0.3) is 15.8 Å². The first-order chi connectivity index (χ1) is 15.6. The zero-order valence-electron chi connectivity index (χ0n) is 17.4. The summed E-state index contributed by atoms with van der Waals surface area (Å²) in [6.07, 6.45) is -2.45. The van der Waals surface area contributed by atoms with Crippen molar-refractivity contribution in [1.82, 2.24) is 15.1 Å². The molecule has 2 aromatic carbocycles. The van der Waals surface area contributed by atoms with Gasteiger partial charge in [-0.15, -0.1) is 11.3 Å². The Labute approximate surface area is 190 Å². The number of hydrogen-bond donors (Lipinski definition) is 2. The van der Waals surface area contributed by atoms with Crippen LogP contribution in [0.2, 0.25) is 0 Å². The van der Waals surface area contributed by atoms with Crippen LogP contribution in [0.5, 0.6) is 0 Å². The first-order valence-corrected chi connectivity index (χ1v) is 10.7. The summed E-state index contributed by atoms with van der Waals surface area (Å²) in [5.41, 5.74) is 6.51. The third kappa shape index (κ3) is 4.90. The highest BCUT2D eigenvalue weighted by atomic mass is 32.1. The van der Waals surface area contributed by atoms with Gasteiger partial charge in [0.05, 0.1) is 33.8 Å². The standard InChI is InChI=1S/C23H19F3N4O2S/c1-13-18(22(32)28-11-20(27)31)12-30(29-13)19-7-3-5-15-10-17(33-21(15)19)9-14-4-2-6-16(8-14)23(24,25)26/h2-8,10,12H,9,11H2,1H3,(H2,27,31)(H,28,32). The predicted octanol–water partition coefficient (Wildman–Crippen LogP) is 4.22. The summed E-state index contributed by atoms with van der Waals surface area (Å²) >= 11 is 1.46. The lowest BCUT2D eigenvalue weighted by atomic mass is 10.1. The molecule has 0 atom stereocenters. The second-order valence-corrected chi connectivity index (χ2v) is 8.64. The Hall–Kier alpha value is -3.66. The van der Waals surface area contributed by atoms with Gasteiger partial charge in [-0.25, -0.2) is 4.68 Å². The minimum Gasteiger partial charge on any atom is -0.368 e. The first kappa shape index (κ1) is 22.5. The molecule has 2 amide bonds. The third-order valence-corrected chi connectivity index (χ3v) is 6.19. The fourth-order valence-corrected chi connectivity index (χ4v) is 4.69. The predicted molar refractivity (Wildman–Crippen MR) is 119 cm³/mol. The number of carbonyl (C=O) groups excluding carboxylic acids is 2. The fraction of sp³-hybridized carbons (Fsp3) is 0.174. The van der Waals surface area contributed by atoms with Crippen LogP contribution in [-0.4, -0.2) is 28.1 Å². The Morgan fingerprint density at radius 2 is 1.91 bits per heavy atom. The topological polar surface area (TPSA) is 90.0 Å². The molecule has 0 saturated heterocycles. The second kappa shape index (κ2) is 8.70. The molecule has 4 rings (SSSR count). The Morgan fingerprint density at radius 3 is 2.64 bits per heavy atom. The molecule has 2 aromatic heterocycles. The summed E-state index contributed by atoms with van der Waals surface area (Å²) in [5, 5.41) is 7.80. The van der Waals surface area contributed by atoms with E-state index in [0.29, 0.717) is 23.2 Å². The molecule has 0 bridgehead atoms. The number of nitrogens with two attached hydrogens (primary N) is 1. The number of benzene rings is 2. The van der Waals surface area contributed by atoms with Crippen LogP contribution in [0.3, 0.4) is 0 Å². The number of fused-ring (bicyclic) bond motifs is 1. The molecule has 2 heterocycles. The van der Waals surface area contributed by atoms with Gasteiger partial charge in [-0.05, 0) is 36.1 Å². The number of carbonyl (C=O) groups is 2. The highest BCUT2D eigenvalue weighted by molar-refractivity contribution is 7.19. The van der Waals surface area contributed by atoms with Gasteiger partial charge in [0, 0.05) is 17.5 Å². The molecule has 0 aliphatic heterocycles. The van der Waals surface area contributed by atoms with E-state index in [9.17, 15) is 22.8 Å². The number of rotatable bonds is 6. The van der Waals surface area contributed by atoms with E-state index in [1.165, 1.54) is 23.5 Å². The number of aromatic nitrogens is 2. The van der Waals surface area contributed by atoms with Crippen molar-refractivity contribution in [2.45, 2.75) is 19.5 Å². The Balaban J connectivity index is 1.65. The van der Waals surface area contributed by atoms with E-state index in [2.05, 4.69) is 10.4 Å². The number of halogens is 3. The van der Waals surface area contributed by atoms with Crippen molar-refractivity contribution < 1.29 is 22.8 Å². The molecule has 3 N–H and O–H groups in total. The van der Waals surface area contributed by atoms with Gasteiger partial charge >= 0.3 is 6.18 Å². The van der Waals surface area contributed by atoms with Crippen molar-refractivity contribution in [3.63, 3.8) is 0 Å². The van der Waals surface area contributed by atoms with Crippen LogP contribution in [-0.2, 0) is 17.4 Å². The molecule has 6 nitrogen and oxygen atoms in total. The van der Waals surface area contributed by atoms with Gasteiger partial charge in [-0.3, -0.25) is 9.59 Å². The second-order valence-electron chi connectivity index (χ2n) is 7.50. The maximum Gasteiger partial charge on any atom is 0.416 e. The van der Waals surface area contributed by atoms with Crippen LogP contribution in [0, 0.1) is 6.92 Å². The van der Waals surface area contributed by atoms with Crippen molar-refractivity contribution in [2.24, 2.45) is 5.73 Å². The molecule has 10 heteroatoms. The van der Waals surface area contributed by atoms with E-state index in [1.807, 2.05) is 24.3 Å². The lowest BCUT2D eigenvalue weighted by Crippen LogP contribution is -2.33. The summed E-state index contributed by atoms with van der Waals surface area (Å²) in [6.45, 7) is 1.41. The van der Waals surface area contributed by atoms with Gasteiger partial charge in [0.1, 0.15) is 0 Å². The summed E-state index contributed by atoms with van der Waals surface area (Å²) in [4.78, 5) is 24.2. The molecule has 170 valence electrons. The first-order valence-electron chi connectivity index (χ1n) is 9.92. The summed E-state index contributed by atoms with van der Waals surface area (Å²) in [6, 6.07) is 12.9. The van der Waals surface area contributed by atoms with E-state index in [0.717, 1.165) is 26.7 Å². The quantitative estimate of drug-likeness (QED) is 0.440. The summed E-state index contributed by atoms with van der Waals surface area (Å²) < 4.78 is 41.6. The Kier molecular flexibility index (Phi) is 5.94. The molecule has 0 unspecified atom stereocenters. The van der Waals surface area contributed by atoms with Crippen LogP contribution in [0.15, 0.2) is 54.7 Å². The van der Waals surface area contributed by atoms with Gasteiger partial charge in [0.2, 0.25) is 5.91 Å². The SMILES string of the molecule is Cc1nn(-c2cccc3cc(Cc4cccc(C(F)(F)F)c4)sc23)cc1C(=O)NCC(N)=O. The smallest absolute Gasteiger partial charge is 0.368 e. The number of alkyl halides is 3. The zero-order chi connectivity index (χ0) is 23.8. The molecule has 0 spiro atoms. The Bertz CT molecular complexity index is 1360. The van der Waals surface area contributed by atoms with Crippen molar-refractivity contribution in [1.29, 1.82) is 0 Å². The maximum atomic E-state index is 13.0. The number of nitrogens with one attached hydrogen (secondary N) is 1. The molecule has 33 heavy (non-hydrogen) atoms. The number of aryl methyl sites for hydroxylation is 1. The van der Waals surface area contributed by atoms with E-state index in [-0.39, 0.29) is 6.54 Å². The molecule has 0 radical (unpaired) electrons. The maximum absolute atomic E-state index is 13.0. The van der Waals surface area contributed by atoms with E-state index in [1.54, 1.807) is 23.9 Å². The summed E-state index contributed by atoms with van der Waals surface area (Å²) in [7, 11) is 0. The molecule has 4 aromatic rings. The van der Waals surface area contributed by atoms with Gasteiger partial charge in [-0.1, -0.05) is 30.3 Å². The number of hydrogen-bond acceptors (Lipinski definition) is 4. The van der Waals surface area contributed by atoms with Crippen LogP contribution < -0.4 is 11.1 Å². The van der Waals surface area contributed by atoms with Crippen molar-refractivity contribution >= 4 is 33.2 Å². The van der Waals surface area contributed by atoms with E-state index in [4.69, 9.17) is 5.73 Å². The highest BCUT2D eigenvalue weighted by Gasteiger charge is 2.30. The zero-order valence-corrected chi connectivity index (χ0v) is 18.3. The fourth-order valence-electron chi connectivity index (χ4n) is 3.50. The van der Waals surface area contributed by atoms with Crippen molar-refractivity contribution in [3.8, 4) is 5.69 Å². The van der Waals surface area contributed by atoms with Crippen LogP contribution in [0.4, 0.5) is 13.2 Å². The number of amides is 2. The monoisotopic (exact) mass is 472 g/mol. The Morgan fingerprint density at radius 1 is 1.15 bits per heavy atom. The molecule has 0 aliphatic carbocycles. The van der Waals surface area contributed by atoms with Gasteiger partial charge in [-0.2, -0.15) is 18.3 Å². The minimum atomic E-state index is -4.39. The lowest BCUT2D eigenvalue weighted by molar-refractivity contribution is -0.137. The summed E-state index contributed by atoms with van der Waals surface area (Å²) in [5.74, 6) is -1.11. The van der Waals surface area contributed by atoms with Gasteiger partial charge < -0.3 is 11.1 Å². The molecule has 0 aliphatic rings. The number of nitrogens with zero attached hydrogens (tertiary/aromatic N) is 2. The van der Waals surface area contributed by atoms with Crippen molar-refractivity contribution in [3.05, 3.63) is 82.0 Å². The van der Waals surface area contributed by atoms with Crippen LogP contribution >= 0.6 is 11.3 Å². The molecule has 0 fully saturated rings. The van der Waals surface area contributed by atoms with Gasteiger partial charge in [0.25, 0.3) is 5.91 Å². The normalized spacial score (nSPS) is 11.6. The average molecular weight is 472 g/mol. The third-order valence-electron chi connectivity index (χ3n) is 5.02. The molecular formula is C23H19F3N4O2S. The van der Waals surface area contributed by atoms with Gasteiger partial charge in [0.15, 0.2) is 0 Å². The number of primary amides is 1. The average Bonchev–Trinajstić information content (AvgIpc) is 3.34. The largest absolute Gasteiger partial charge is 0.416 e. The molecule has 0 saturated carbocycles. The van der Waals surface area contributed by atoms with Crippen LogP contribution in [0.1, 0.15) is 32.1 Å². The highest BCUT2D eigenvalue weighted by Crippen LogP contribution is 2.34. The van der Waals surface area contributed by atoms with E-state index >= 15 is 0 Å². The molecular weight excluding hydrogens is 453 g/mol. The minimum absolute atomic E-state index is 0.275. The van der Waals surface area contributed by atoms with Crippen molar-refractivity contribution in [2.75, 3.05) is 6.54 Å². The lowest BCUT2D eigenvalue weighted by Gasteiger charge is -2.08. The number of thiophene rings is 1.